The van der Waals surface area contributed by atoms with Gasteiger partial charge in [0.25, 0.3) is 0 Å². The number of hydrogen-bond acceptors (Lipinski definition) is 6. The molecule has 1 heterocycles. The van der Waals surface area contributed by atoms with Gasteiger partial charge in [0.1, 0.15) is 18.0 Å². The molecule has 0 saturated carbocycles. The molecule has 2 aromatic carbocycles. The molecule has 0 N–H and O–H groups in total. The van der Waals surface area contributed by atoms with Crippen LogP contribution in [0, 0.1) is 0 Å². The minimum atomic E-state index is -0.583. The highest BCUT2D eigenvalue weighted by atomic mass is 16.5. The predicted octanol–water partition coefficient (Wildman–Crippen LogP) is 2.21. The van der Waals surface area contributed by atoms with E-state index in [2.05, 4.69) is 10.1 Å². The van der Waals surface area contributed by atoms with Crippen molar-refractivity contribution in [3.8, 4) is 22.8 Å². The quantitative estimate of drug-likeness (QED) is 0.633. The second-order valence-electron chi connectivity index (χ2n) is 5.46. The summed E-state index contributed by atoms with van der Waals surface area (Å²) in [6, 6.07) is 13.8. The molecule has 0 aliphatic rings. The largest absolute Gasteiger partial charge is 0.497 e. The van der Waals surface area contributed by atoms with Crippen molar-refractivity contribution in [3.63, 3.8) is 0 Å². The number of carbonyl (C=O) groups excluding carboxylic acids is 1. The molecule has 0 unspecified atom stereocenters. The van der Waals surface area contributed by atoms with Crippen LogP contribution < -0.4 is 15.2 Å². The first-order valence-corrected chi connectivity index (χ1v) is 7.86. The summed E-state index contributed by atoms with van der Waals surface area (Å²) in [5, 5.41) is 4.06. The van der Waals surface area contributed by atoms with Crippen molar-refractivity contribution in [1.82, 2.24) is 14.8 Å². The lowest BCUT2D eigenvalue weighted by atomic mass is 10.1. The number of methoxy groups -OCH3 is 2. The van der Waals surface area contributed by atoms with Gasteiger partial charge < -0.3 is 9.47 Å². The Morgan fingerprint density at radius 1 is 0.962 bits per heavy atom. The van der Waals surface area contributed by atoms with Crippen molar-refractivity contribution >= 4 is 5.78 Å². The van der Waals surface area contributed by atoms with Crippen molar-refractivity contribution in [2.45, 2.75) is 6.54 Å². The molecule has 7 nitrogen and oxygen atoms in total. The molecule has 0 saturated heterocycles. The van der Waals surface area contributed by atoms with Gasteiger partial charge in [0.15, 0.2) is 5.78 Å². The van der Waals surface area contributed by atoms with E-state index >= 15 is 0 Å². The highest BCUT2D eigenvalue weighted by Gasteiger charge is 2.11. The minimum Gasteiger partial charge on any atom is -0.497 e. The van der Waals surface area contributed by atoms with E-state index in [9.17, 15) is 9.59 Å². The van der Waals surface area contributed by atoms with Crippen LogP contribution in [0.4, 0.5) is 0 Å². The van der Waals surface area contributed by atoms with Gasteiger partial charge in [-0.25, -0.2) is 9.48 Å². The number of benzene rings is 2. The van der Waals surface area contributed by atoms with Gasteiger partial charge in [0, 0.05) is 11.1 Å². The second-order valence-corrected chi connectivity index (χ2v) is 5.46. The summed E-state index contributed by atoms with van der Waals surface area (Å²) in [6.07, 6.45) is 1.46. The highest BCUT2D eigenvalue weighted by molar-refractivity contribution is 5.95. The average molecular weight is 351 g/mol. The Bertz CT molecular complexity index is 963. The third-order valence-electron chi connectivity index (χ3n) is 3.85. The van der Waals surface area contributed by atoms with Crippen LogP contribution in [0.2, 0.25) is 0 Å². The van der Waals surface area contributed by atoms with E-state index in [0.29, 0.717) is 22.8 Å². The van der Waals surface area contributed by atoms with Gasteiger partial charge in [-0.15, -0.1) is 0 Å². The Balaban J connectivity index is 1.78. The molecule has 0 radical (unpaired) electrons. The Morgan fingerprint density at radius 3 is 2.08 bits per heavy atom. The standard InChI is InChI=1S/C19H17N3O4/c1-25-15-7-3-13(4-8-15)17-11-20-22(19(24)21-17)12-18(23)14-5-9-16(26-2)10-6-14/h3-11H,12H2,1-2H3. The van der Waals surface area contributed by atoms with Crippen LogP contribution in [0.1, 0.15) is 10.4 Å². The molecule has 26 heavy (non-hydrogen) atoms. The van der Waals surface area contributed by atoms with E-state index < -0.39 is 5.69 Å². The molecule has 0 aliphatic heterocycles. The zero-order chi connectivity index (χ0) is 18.5. The number of carbonyl (C=O) groups is 1. The fourth-order valence-corrected chi connectivity index (χ4v) is 2.38. The van der Waals surface area contributed by atoms with Gasteiger partial charge in [-0.3, -0.25) is 4.79 Å². The molecule has 132 valence electrons. The average Bonchev–Trinajstić information content (AvgIpc) is 2.69. The Kier molecular flexibility index (Phi) is 5.07. The van der Waals surface area contributed by atoms with Crippen molar-refractivity contribution in [2.75, 3.05) is 14.2 Å². The summed E-state index contributed by atoms with van der Waals surface area (Å²) in [5.41, 5.74) is 1.06. The van der Waals surface area contributed by atoms with Crippen molar-refractivity contribution < 1.29 is 14.3 Å². The fraction of sp³-hybridized carbons (Fsp3) is 0.158. The normalized spacial score (nSPS) is 10.4. The molecule has 0 spiro atoms. The Morgan fingerprint density at radius 2 is 1.54 bits per heavy atom. The summed E-state index contributed by atoms with van der Waals surface area (Å²) >= 11 is 0. The van der Waals surface area contributed by atoms with Gasteiger partial charge in [0.05, 0.1) is 26.1 Å². The van der Waals surface area contributed by atoms with Crippen LogP contribution in [0.15, 0.2) is 59.5 Å². The summed E-state index contributed by atoms with van der Waals surface area (Å²) in [6.45, 7) is -0.180. The molecule has 0 bridgehead atoms. The first-order chi connectivity index (χ1) is 12.6. The van der Waals surface area contributed by atoms with Crippen molar-refractivity contribution in [1.29, 1.82) is 0 Å². The van der Waals surface area contributed by atoms with Crippen LogP contribution in [-0.4, -0.2) is 34.8 Å². The molecule has 0 aliphatic carbocycles. The molecule has 0 fully saturated rings. The Hall–Kier alpha value is -3.48. The van der Waals surface area contributed by atoms with Crippen LogP contribution in [-0.2, 0) is 6.54 Å². The molecule has 7 heteroatoms. The topological polar surface area (TPSA) is 83.3 Å². The third-order valence-corrected chi connectivity index (χ3v) is 3.85. The lowest BCUT2D eigenvalue weighted by Gasteiger charge is -2.06. The molecular formula is C19H17N3O4. The molecule has 3 rings (SSSR count). The third kappa shape index (κ3) is 3.77. The fourth-order valence-electron chi connectivity index (χ4n) is 2.38. The van der Waals surface area contributed by atoms with Crippen LogP contribution in [0.3, 0.4) is 0 Å². The maximum atomic E-state index is 12.3. The smallest absolute Gasteiger partial charge is 0.364 e. The van der Waals surface area contributed by atoms with Gasteiger partial charge >= 0.3 is 5.69 Å². The summed E-state index contributed by atoms with van der Waals surface area (Å²) < 4.78 is 11.2. The van der Waals surface area contributed by atoms with E-state index in [0.717, 1.165) is 10.2 Å². The monoisotopic (exact) mass is 351 g/mol. The van der Waals surface area contributed by atoms with E-state index in [-0.39, 0.29) is 12.3 Å². The lowest BCUT2D eigenvalue weighted by molar-refractivity contribution is 0.0965. The first-order valence-electron chi connectivity index (χ1n) is 7.86. The zero-order valence-electron chi connectivity index (χ0n) is 14.4. The van der Waals surface area contributed by atoms with E-state index in [1.54, 1.807) is 62.8 Å². The van der Waals surface area contributed by atoms with Crippen molar-refractivity contribution in [3.05, 3.63) is 70.8 Å². The van der Waals surface area contributed by atoms with Gasteiger partial charge in [-0.05, 0) is 48.5 Å². The van der Waals surface area contributed by atoms with E-state index in [1.807, 2.05) is 0 Å². The van der Waals surface area contributed by atoms with Gasteiger partial charge in [0.2, 0.25) is 0 Å². The molecule has 0 atom stereocenters. The maximum Gasteiger partial charge on any atom is 0.364 e. The summed E-state index contributed by atoms with van der Waals surface area (Å²) in [5.74, 6) is 1.13. The number of rotatable bonds is 6. The zero-order valence-corrected chi connectivity index (χ0v) is 14.4. The number of Topliss-reactive ketones (excluding diaryl/α,β-unsaturated/α-hetero) is 1. The lowest BCUT2D eigenvalue weighted by Crippen LogP contribution is -2.29. The Labute approximate surface area is 149 Å². The summed E-state index contributed by atoms with van der Waals surface area (Å²) in [4.78, 5) is 28.5. The number of ketones is 1. The van der Waals surface area contributed by atoms with Crippen LogP contribution in [0.25, 0.3) is 11.3 Å². The SMILES string of the molecule is COc1ccc(C(=O)Cn2ncc(-c3ccc(OC)cc3)nc2=O)cc1. The number of aromatic nitrogens is 3. The molecular weight excluding hydrogens is 334 g/mol. The molecule has 3 aromatic rings. The van der Waals surface area contributed by atoms with Crippen molar-refractivity contribution in [2.24, 2.45) is 0 Å². The first kappa shape index (κ1) is 17.3. The van der Waals surface area contributed by atoms with Crippen LogP contribution in [0.5, 0.6) is 11.5 Å². The summed E-state index contributed by atoms with van der Waals surface area (Å²) in [7, 11) is 3.13. The van der Waals surface area contributed by atoms with Gasteiger partial charge in [-0.1, -0.05) is 0 Å². The molecule has 0 amide bonds. The van der Waals surface area contributed by atoms with Crippen LogP contribution >= 0.6 is 0 Å². The highest BCUT2D eigenvalue weighted by Crippen LogP contribution is 2.19. The van der Waals surface area contributed by atoms with E-state index in [1.165, 1.54) is 6.20 Å². The minimum absolute atomic E-state index is 0.180. The van der Waals surface area contributed by atoms with Gasteiger partial charge in [-0.2, -0.15) is 10.1 Å². The maximum absolute atomic E-state index is 12.3. The van der Waals surface area contributed by atoms with E-state index in [4.69, 9.17) is 9.47 Å². The number of nitrogens with zero attached hydrogens (tertiary/aromatic N) is 3. The predicted molar refractivity (Wildman–Crippen MR) is 95.6 cm³/mol. The number of ether oxygens (including phenoxy) is 2. The second kappa shape index (κ2) is 7.60. The molecule has 1 aromatic heterocycles. The number of hydrogen-bond donors (Lipinski definition) is 0.